The minimum absolute atomic E-state index is 0.0404. The molecular formula is C20H31NO7. The van der Waals surface area contributed by atoms with Gasteiger partial charge in [0, 0.05) is 19.2 Å². The molecule has 8 nitrogen and oxygen atoms in total. The van der Waals surface area contributed by atoms with Crippen LogP contribution in [-0.2, 0) is 19.1 Å². The Balaban J connectivity index is 2.01. The van der Waals surface area contributed by atoms with Crippen molar-refractivity contribution in [3.8, 4) is 0 Å². The number of nitrogens with zero attached hydrogens (tertiary/aromatic N) is 1. The van der Waals surface area contributed by atoms with Crippen LogP contribution in [0.2, 0.25) is 0 Å². The van der Waals surface area contributed by atoms with Gasteiger partial charge in [0.2, 0.25) is 0 Å². The summed E-state index contributed by atoms with van der Waals surface area (Å²) in [4.78, 5) is 26.6. The predicted octanol–water partition coefficient (Wildman–Crippen LogP) is 0.162. The average Bonchev–Trinajstić information content (AvgIpc) is 3.21. The number of carbonyl (C=O) groups is 2. The number of ether oxygens (including phenoxy) is 2. The van der Waals surface area contributed by atoms with Crippen LogP contribution < -0.4 is 0 Å². The van der Waals surface area contributed by atoms with Gasteiger partial charge < -0.3 is 24.8 Å². The Morgan fingerprint density at radius 3 is 2.64 bits per heavy atom. The van der Waals surface area contributed by atoms with Crippen molar-refractivity contribution in [3.63, 3.8) is 0 Å². The van der Waals surface area contributed by atoms with E-state index < -0.39 is 29.6 Å². The molecular weight excluding hydrogens is 366 g/mol. The minimum atomic E-state index is -1.98. The highest BCUT2D eigenvalue weighted by molar-refractivity contribution is 5.83. The Morgan fingerprint density at radius 1 is 1.39 bits per heavy atom. The van der Waals surface area contributed by atoms with E-state index in [1.165, 1.54) is 13.0 Å². The molecule has 0 spiro atoms. The van der Waals surface area contributed by atoms with Crippen LogP contribution in [0.5, 0.6) is 0 Å². The number of carbonyl (C=O) groups excluding carboxylic acids is 2. The average molecular weight is 397 g/mol. The van der Waals surface area contributed by atoms with Gasteiger partial charge in [-0.05, 0) is 37.3 Å². The van der Waals surface area contributed by atoms with E-state index in [0.717, 1.165) is 12.1 Å². The Labute approximate surface area is 165 Å². The van der Waals surface area contributed by atoms with Gasteiger partial charge in [-0.15, -0.1) is 0 Å². The van der Waals surface area contributed by atoms with Crippen LogP contribution in [0.4, 0.5) is 0 Å². The number of hydrogen-bond acceptors (Lipinski definition) is 8. The van der Waals surface area contributed by atoms with Crippen molar-refractivity contribution in [1.82, 2.24) is 4.90 Å². The molecule has 0 saturated carbocycles. The summed E-state index contributed by atoms with van der Waals surface area (Å²) in [5.41, 5.74) is -0.655. The molecule has 3 N–H and O–H groups in total. The molecule has 2 aliphatic heterocycles. The van der Waals surface area contributed by atoms with Crippen molar-refractivity contribution < 1.29 is 34.4 Å². The van der Waals surface area contributed by atoms with Gasteiger partial charge in [0.25, 0.3) is 0 Å². The molecule has 158 valence electrons. The normalized spacial score (nSPS) is 25.9. The molecule has 0 bridgehead atoms. The summed E-state index contributed by atoms with van der Waals surface area (Å²) < 4.78 is 10.9. The highest BCUT2D eigenvalue weighted by atomic mass is 16.6. The van der Waals surface area contributed by atoms with Crippen LogP contribution in [0.1, 0.15) is 34.1 Å². The fraction of sp³-hybridized carbons (Fsp3) is 0.700. The molecule has 0 aromatic heterocycles. The molecule has 2 aliphatic rings. The minimum Gasteiger partial charge on any atom is -0.459 e. The highest BCUT2D eigenvalue weighted by Gasteiger charge is 2.47. The molecule has 28 heavy (non-hydrogen) atoms. The van der Waals surface area contributed by atoms with Gasteiger partial charge in [-0.2, -0.15) is 0 Å². The van der Waals surface area contributed by atoms with Gasteiger partial charge >= 0.3 is 11.9 Å². The summed E-state index contributed by atoms with van der Waals surface area (Å²) in [5.74, 6) is -1.90. The maximum Gasteiger partial charge on any atom is 0.341 e. The highest BCUT2D eigenvalue weighted by Crippen LogP contribution is 2.32. The third-order valence-corrected chi connectivity index (χ3v) is 5.51. The van der Waals surface area contributed by atoms with E-state index in [4.69, 9.17) is 14.6 Å². The Bertz CT molecular complexity index is 645. The van der Waals surface area contributed by atoms with Crippen molar-refractivity contribution in [3.05, 3.63) is 23.3 Å². The van der Waals surface area contributed by atoms with E-state index in [0.29, 0.717) is 18.5 Å². The van der Waals surface area contributed by atoms with Gasteiger partial charge in [0.15, 0.2) is 5.60 Å². The molecule has 1 fully saturated rings. The molecule has 2 heterocycles. The van der Waals surface area contributed by atoms with Crippen LogP contribution in [0.25, 0.3) is 0 Å². The summed E-state index contributed by atoms with van der Waals surface area (Å²) in [6, 6.07) is -0.182. The summed E-state index contributed by atoms with van der Waals surface area (Å²) in [6.07, 6.45) is 2.23. The Hall–Kier alpha value is -1.74. The lowest BCUT2D eigenvalue weighted by Gasteiger charge is -2.32. The van der Waals surface area contributed by atoms with Crippen molar-refractivity contribution in [1.29, 1.82) is 0 Å². The fourth-order valence-corrected chi connectivity index (χ4v) is 3.71. The third kappa shape index (κ3) is 4.63. The van der Waals surface area contributed by atoms with Gasteiger partial charge in [0.05, 0.1) is 18.8 Å². The summed E-state index contributed by atoms with van der Waals surface area (Å²) in [5, 5.41) is 29.4. The van der Waals surface area contributed by atoms with Gasteiger partial charge in [-0.3, -0.25) is 4.90 Å². The molecule has 4 unspecified atom stereocenters. The monoisotopic (exact) mass is 397 g/mol. The van der Waals surface area contributed by atoms with Crippen molar-refractivity contribution in [2.75, 3.05) is 26.3 Å². The van der Waals surface area contributed by atoms with Crippen LogP contribution >= 0.6 is 0 Å². The van der Waals surface area contributed by atoms with E-state index in [9.17, 15) is 19.8 Å². The SMILES string of the molecule is CC(=CC(=O)OC1CCN2CC=C(COC(=O)C(O)(C(C)C)C(C)O)C12)CO. The predicted molar refractivity (Wildman–Crippen MR) is 101 cm³/mol. The van der Waals surface area contributed by atoms with Crippen LogP contribution in [-0.4, -0.2) is 82.3 Å². The van der Waals surface area contributed by atoms with Gasteiger partial charge in [-0.1, -0.05) is 19.9 Å². The molecule has 1 saturated heterocycles. The zero-order valence-electron chi connectivity index (χ0n) is 16.9. The largest absolute Gasteiger partial charge is 0.459 e. The van der Waals surface area contributed by atoms with E-state index >= 15 is 0 Å². The molecule has 0 aliphatic carbocycles. The van der Waals surface area contributed by atoms with Gasteiger partial charge in [0.1, 0.15) is 12.7 Å². The summed E-state index contributed by atoms with van der Waals surface area (Å²) in [7, 11) is 0. The lowest BCUT2D eigenvalue weighted by molar-refractivity contribution is -0.183. The standard InChI is InChI=1S/C20H31NO7/c1-12(2)20(26,14(4)23)19(25)27-11-15-5-7-21-8-6-16(18(15)21)28-17(24)9-13(3)10-22/h5,9,12,14,16,18,22-23,26H,6-8,10-11H2,1-4H3. The van der Waals surface area contributed by atoms with Crippen LogP contribution in [0, 0.1) is 5.92 Å². The Kier molecular flexibility index (Phi) is 7.39. The topological polar surface area (TPSA) is 117 Å². The smallest absolute Gasteiger partial charge is 0.341 e. The maximum atomic E-state index is 12.4. The van der Waals surface area contributed by atoms with Crippen molar-refractivity contribution in [2.24, 2.45) is 5.92 Å². The Morgan fingerprint density at radius 2 is 2.07 bits per heavy atom. The molecule has 2 rings (SSSR count). The molecule has 0 amide bonds. The first-order valence-electron chi connectivity index (χ1n) is 9.60. The quantitative estimate of drug-likeness (QED) is 0.301. The van der Waals surface area contributed by atoms with E-state index in [1.54, 1.807) is 20.8 Å². The zero-order chi connectivity index (χ0) is 21.1. The zero-order valence-corrected chi connectivity index (χ0v) is 16.9. The van der Waals surface area contributed by atoms with E-state index in [1.807, 2.05) is 6.08 Å². The van der Waals surface area contributed by atoms with Crippen LogP contribution in [0.15, 0.2) is 23.3 Å². The summed E-state index contributed by atoms with van der Waals surface area (Å²) in [6.45, 7) is 7.44. The molecule has 0 aromatic carbocycles. The number of aliphatic hydroxyl groups is 3. The fourth-order valence-electron chi connectivity index (χ4n) is 3.71. The summed E-state index contributed by atoms with van der Waals surface area (Å²) >= 11 is 0. The second-order valence-corrected chi connectivity index (χ2v) is 7.86. The maximum absolute atomic E-state index is 12.4. The number of fused-ring (bicyclic) bond motifs is 1. The number of aliphatic hydroxyl groups excluding tert-OH is 2. The van der Waals surface area contributed by atoms with Crippen LogP contribution in [0.3, 0.4) is 0 Å². The first kappa shape index (κ1) is 22.5. The second kappa shape index (κ2) is 9.17. The van der Waals surface area contributed by atoms with Crippen molar-refractivity contribution in [2.45, 2.75) is 58.0 Å². The number of esters is 2. The number of hydrogen-bond donors (Lipinski definition) is 3. The van der Waals surface area contributed by atoms with E-state index in [-0.39, 0.29) is 25.4 Å². The first-order chi connectivity index (χ1) is 13.1. The first-order valence-corrected chi connectivity index (χ1v) is 9.60. The molecule has 0 aromatic rings. The van der Waals surface area contributed by atoms with Crippen molar-refractivity contribution >= 4 is 11.9 Å². The lowest BCUT2D eigenvalue weighted by Crippen LogP contribution is -2.53. The molecule has 4 atom stereocenters. The second-order valence-electron chi connectivity index (χ2n) is 7.86. The lowest BCUT2D eigenvalue weighted by atomic mass is 9.85. The molecule has 0 radical (unpaired) electrons. The number of rotatable bonds is 8. The third-order valence-electron chi connectivity index (χ3n) is 5.51. The van der Waals surface area contributed by atoms with Gasteiger partial charge in [-0.25, -0.2) is 9.59 Å². The molecule has 8 heteroatoms. The van der Waals surface area contributed by atoms with E-state index in [2.05, 4.69) is 4.90 Å².